The van der Waals surface area contributed by atoms with Crippen LogP contribution in [0.3, 0.4) is 0 Å². The fourth-order valence-electron chi connectivity index (χ4n) is 4.18. The summed E-state index contributed by atoms with van der Waals surface area (Å²) in [6.45, 7) is 1.11. The molecule has 2 aliphatic rings. The summed E-state index contributed by atoms with van der Waals surface area (Å²) in [6, 6.07) is 7.89. The molecule has 1 spiro atoms. The number of nitrogens with one attached hydrogen (secondary N) is 1. The van der Waals surface area contributed by atoms with E-state index in [1.54, 1.807) is 4.90 Å². The predicted molar refractivity (Wildman–Crippen MR) is 96.5 cm³/mol. The van der Waals surface area contributed by atoms with E-state index in [1.165, 1.54) is 0 Å². The van der Waals surface area contributed by atoms with Crippen LogP contribution in [0.4, 0.5) is 11.6 Å². The molecule has 0 unspecified atom stereocenters. The molecule has 1 aromatic heterocycles. The maximum Gasteiger partial charge on any atom is 0.239 e. The van der Waals surface area contributed by atoms with Gasteiger partial charge in [0.05, 0.1) is 5.41 Å². The van der Waals surface area contributed by atoms with Crippen molar-refractivity contribution in [2.75, 3.05) is 30.8 Å². The van der Waals surface area contributed by atoms with E-state index in [9.17, 15) is 9.59 Å². The van der Waals surface area contributed by atoms with E-state index in [4.69, 9.17) is 5.73 Å². The number of benzene rings is 1. The first-order chi connectivity index (χ1) is 12.5. The lowest BCUT2D eigenvalue weighted by molar-refractivity contribution is -0.135. The molecule has 3 N–H and O–H groups in total. The number of para-hydroxylation sites is 1. The third-order valence-corrected chi connectivity index (χ3v) is 5.46. The van der Waals surface area contributed by atoms with Crippen LogP contribution in [-0.2, 0) is 21.4 Å². The van der Waals surface area contributed by atoms with Gasteiger partial charge in [-0.3, -0.25) is 14.7 Å². The van der Waals surface area contributed by atoms with Crippen molar-refractivity contribution in [3.8, 4) is 0 Å². The maximum absolute atomic E-state index is 13.0. The summed E-state index contributed by atoms with van der Waals surface area (Å²) in [6.07, 6.45) is 2.36. The summed E-state index contributed by atoms with van der Waals surface area (Å²) in [5, 5.41) is 6.50. The third kappa shape index (κ3) is 2.53. The monoisotopic (exact) mass is 354 g/mol. The van der Waals surface area contributed by atoms with Crippen LogP contribution in [0.1, 0.15) is 30.7 Å². The number of aromatic amines is 1. The fourth-order valence-corrected chi connectivity index (χ4v) is 4.18. The minimum atomic E-state index is -0.615. The summed E-state index contributed by atoms with van der Waals surface area (Å²) in [5.74, 6) is 0.892. The van der Waals surface area contributed by atoms with E-state index in [0.29, 0.717) is 31.8 Å². The summed E-state index contributed by atoms with van der Waals surface area (Å²) in [7, 11) is 1.81. The van der Waals surface area contributed by atoms with E-state index in [0.717, 1.165) is 24.1 Å². The maximum atomic E-state index is 13.0. The fraction of sp³-hybridized carbons (Fsp3) is 0.444. The number of carbonyl (C=O) groups excluding carboxylic acids is 2. The third-order valence-electron chi connectivity index (χ3n) is 5.46. The molecule has 0 radical (unpaired) electrons. The number of hydrogen-bond donors (Lipinski definition) is 2. The zero-order valence-electron chi connectivity index (χ0n) is 14.7. The van der Waals surface area contributed by atoms with Crippen LogP contribution in [0, 0.1) is 0 Å². The van der Waals surface area contributed by atoms with Gasteiger partial charge in [0.15, 0.2) is 0 Å². The number of rotatable bonds is 3. The van der Waals surface area contributed by atoms with Crippen molar-refractivity contribution in [3.63, 3.8) is 0 Å². The van der Waals surface area contributed by atoms with Gasteiger partial charge in [-0.15, -0.1) is 5.10 Å². The van der Waals surface area contributed by atoms with Crippen LogP contribution in [-0.4, -0.2) is 52.0 Å². The van der Waals surface area contributed by atoms with Crippen molar-refractivity contribution in [3.05, 3.63) is 35.7 Å². The molecule has 26 heavy (non-hydrogen) atoms. The molecule has 1 saturated heterocycles. The second kappa shape index (κ2) is 6.12. The van der Waals surface area contributed by atoms with Gasteiger partial charge in [-0.2, -0.15) is 4.98 Å². The van der Waals surface area contributed by atoms with Crippen LogP contribution in [0.5, 0.6) is 0 Å². The molecule has 0 bridgehead atoms. The van der Waals surface area contributed by atoms with Gasteiger partial charge in [0.2, 0.25) is 17.8 Å². The molecule has 4 rings (SSSR count). The Morgan fingerprint density at radius 2 is 2.19 bits per heavy atom. The van der Waals surface area contributed by atoms with Gasteiger partial charge in [-0.05, 0) is 24.5 Å². The Balaban J connectivity index is 1.52. The summed E-state index contributed by atoms with van der Waals surface area (Å²) in [5.41, 5.74) is 6.86. The smallest absolute Gasteiger partial charge is 0.239 e. The molecular formula is C18H22N6O2. The van der Waals surface area contributed by atoms with E-state index in [-0.39, 0.29) is 17.8 Å². The Kier molecular flexibility index (Phi) is 3.90. The summed E-state index contributed by atoms with van der Waals surface area (Å²) >= 11 is 0. The Bertz CT molecular complexity index is 863. The van der Waals surface area contributed by atoms with Gasteiger partial charge in [0, 0.05) is 38.7 Å². The van der Waals surface area contributed by atoms with Gasteiger partial charge in [0.1, 0.15) is 5.82 Å². The zero-order valence-corrected chi connectivity index (χ0v) is 14.7. The molecule has 136 valence electrons. The number of nitrogen functional groups attached to an aromatic ring is 1. The SMILES string of the molecule is CN1C(=O)[C@@]2(CCCN(C(=O)CCc3nc(N)n[nH]3)C2)c2ccccc21. The molecular weight excluding hydrogens is 332 g/mol. The van der Waals surface area contributed by atoms with Crippen LogP contribution in [0.2, 0.25) is 0 Å². The highest BCUT2D eigenvalue weighted by Crippen LogP contribution is 2.46. The molecule has 0 aliphatic carbocycles. The van der Waals surface area contributed by atoms with Crippen molar-refractivity contribution in [1.29, 1.82) is 0 Å². The highest BCUT2D eigenvalue weighted by atomic mass is 16.2. The number of H-pyrrole nitrogens is 1. The number of likely N-dealkylation sites (N-methyl/N-ethyl adjacent to an activating group) is 1. The van der Waals surface area contributed by atoms with Crippen molar-refractivity contribution in [2.45, 2.75) is 31.1 Å². The Hall–Kier alpha value is -2.90. The largest absolute Gasteiger partial charge is 0.367 e. The molecule has 1 aromatic carbocycles. The number of aromatic nitrogens is 3. The lowest BCUT2D eigenvalue weighted by Crippen LogP contribution is -2.53. The number of hydrogen-bond acceptors (Lipinski definition) is 5. The first-order valence-corrected chi connectivity index (χ1v) is 8.83. The lowest BCUT2D eigenvalue weighted by atomic mass is 9.75. The number of likely N-dealkylation sites (tertiary alicyclic amines) is 1. The number of aryl methyl sites for hydroxylation is 1. The molecule has 3 heterocycles. The lowest BCUT2D eigenvalue weighted by Gasteiger charge is -2.39. The Morgan fingerprint density at radius 3 is 2.96 bits per heavy atom. The van der Waals surface area contributed by atoms with E-state index >= 15 is 0 Å². The molecule has 1 atom stereocenters. The highest BCUT2D eigenvalue weighted by Gasteiger charge is 2.52. The summed E-state index contributed by atoms with van der Waals surface area (Å²) in [4.78, 5) is 33.3. The standard InChI is InChI=1S/C18H22N6O2/c1-23-13-6-3-2-5-12(13)18(16(23)26)9-4-10-24(11-18)15(25)8-7-14-20-17(19)22-21-14/h2-3,5-6H,4,7-11H2,1H3,(H3,19,20,21,22)/t18-/m1/s1. The second-order valence-corrected chi connectivity index (χ2v) is 7.02. The first-order valence-electron chi connectivity index (χ1n) is 8.83. The van der Waals surface area contributed by atoms with Crippen LogP contribution < -0.4 is 10.6 Å². The van der Waals surface area contributed by atoms with Gasteiger partial charge in [-0.25, -0.2) is 0 Å². The molecule has 2 aliphatic heterocycles. The molecule has 8 nitrogen and oxygen atoms in total. The van der Waals surface area contributed by atoms with Gasteiger partial charge in [0.25, 0.3) is 0 Å². The summed E-state index contributed by atoms with van der Waals surface area (Å²) < 4.78 is 0. The minimum absolute atomic E-state index is 0.0267. The van der Waals surface area contributed by atoms with Crippen molar-refractivity contribution in [1.82, 2.24) is 20.1 Å². The van der Waals surface area contributed by atoms with E-state index in [1.807, 2.05) is 36.2 Å². The first kappa shape index (κ1) is 16.6. The van der Waals surface area contributed by atoms with Crippen LogP contribution in [0.25, 0.3) is 0 Å². The molecule has 8 heteroatoms. The van der Waals surface area contributed by atoms with Crippen molar-refractivity contribution >= 4 is 23.5 Å². The Labute approximate surface area is 151 Å². The quantitative estimate of drug-likeness (QED) is 0.850. The number of nitrogens with zero attached hydrogens (tertiary/aromatic N) is 4. The molecule has 0 saturated carbocycles. The van der Waals surface area contributed by atoms with Crippen LogP contribution in [0.15, 0.2) is 24.3 Å². The molecule has 2 aromatic rings. The van der Waals surface area contributed by atoms with Crippen molar-refractivity contribution in [2.24, 2.45) is 0 Å². The second-order valence-electron chi connectivity index (χ2n) is 7.02. The number of piperidine rings is 1. The average Bonchev–Trinajstić information content (AvgIpc) is 3.17. The van der Waals surface area contributed by atoms with Gasteiger partial charge in [-0.1, -0.05) is 18.2 Å². The van der Waals surface area contributed by atoms with E-state index in [2.05, 4.69) is 15.2 Å². The average molecular weight is 354 g/mol. The zero-order chi connectivity index (χ0) is 18.3. The molecule has 1 fully saturated rings. The number of amides is 2. The normalized spacial score (nSPS) is 22.1. The van der Waals surface area contributed by atoms with E-state index < -0.39 is 5.41 Å². The van der Waals surface area contributed by atoms with Gasteiger partial charge >= 0.3 is 0 Å². The van der Waals surface area contributed by atoms with Crippen LogP contribution >= 0.6 is 0 Å². The van der Waals surface area contributed by atoms with Crippen molar-refractivity contribution < 1.29 is 9.59 Å². The topological polar surface area (TPSA) is 108 Å². The Morgan fingerprint density at radius 1 is 1.38 bits per heavy atom. The number of anilines is 2. The number of carbonyl (C=O) groups is 2. The number of nitrogens with two attached hydrogens (primary N) is 1. The highest BCUT2D eigenvalue weighted by molar-refractivity contribution is 6.08. The predicted octanol–water partition coefficient (Wildman–Crippen LogP) is 0.856. The molecule has 2 amide bonds. The minimum Gasteiger partial charge on any atom is -0.367 e. The van der Waals surface area contributed by atoms with Gasteiger partial charge < -0.3 is 15.5 Å². The number of fused-ring (bicyclic) bond motifs is 2.